The Hall–Kier alpha value is -2.38. The quantitative estimate of drug-likeness (QED) is 0.791. The molecule has 1 aliphatic rings. The van der Waals surface area contributed by atoms with Gasteiger partial charge in [0.15, 0.2) is 0 Å². The number of carbonyl (C=O) groups is 1. The van der Waals surface area contributed by atoms with Crippen molar-refractivity contribution in [3.05, 3.63) is 54.6 Å². The summed E-state index contributed by atoms with van der Waals surface area (Å²) in [7, 11) is -2.16. The molecular formula is C20H24N2O4S. The van der Waals surface area contributed by atoms with Crippen LogP contribution in [0.5, 0.6) is 5.75 Å². The van der Waals surface area contributed by atoms with Crippen LogP contribution in [-0.4, -0.2) is 34.0 Å². The fourth-order valence-electron chi connectivity index (χ4n) is 3.05. The number of nitrogens with one attached hydrogen (secondary N) is 1. The van der Waals surface area contributed by atoms with E-state index in [0.717, 1.165) is 12.8 Å². The Bertz CT molecular complexity index is 861. The van der Waals surface area contributed by atoms with Gasteiger partial charge in [0.1, 0.15) is 5.75 Å². The van der Waals surface area contributed by atoms with Crippen LogP contribution in [0, 0.1) is 0 Å². The lowest BCUT2D eigenvalue weighted by molar-refractivity contribution is -0.117. The van der Waals surface area contributed by atoms with E-state index in [9.17, 15) is 13.2 Å². The highest BCUT2D eigenvalue weighted by Crippen LogP contribution is 2.25. The van der Waals surface area contributed by atoms with Crippen LogP contribution in [0.25, 0.3) is 0 Å². The van der Waals surface area contributed by atoms with E-state index in [4.69, 9.17) is 4.74 Å². The number of para-hydroxylation sites is 1. The average molecular weight is 388 g/mol. The molecule has 2 aromatic carbocycles. The molecule has 7 heteroatoms. The third kappa shape index (κ3) is 5.08. The number of anilines is 1. The zero-order valence-corrected chi connectivity index (χ0v) is 16.1. The van der Waals surface area contributed by atoms with Crippen LogP contribution < -0.4 is 14.4 Å². The first-order valence-corrected chi connectivity index (χ1v) is 10.5. The molecule has 0 aliphatic heterocycles. The number of nitrogens with zero attached hydrogens (tertiary/aromatic N) is 1. The predicted molar refractivity (Wildman–Crippen MR) is 104 cm³/mol. The highest BCUT2D eigenvalue weighted by molar-refractivity contribution is 7.89. The molecular weight excluding hydrogens is 364 g/mol. The van der Waals surface area contributed by atoms with Gasteiger partial charge in [-0.05, 0) is 62.1 Å². The maximum Gasteiger partial charge on any atom is 0.241 e. The predicted octanol–water partition coefficient (Wildman–Crippen LogP) is 2.95. The van der Waals surface area contributed by atoms with Gasteiger partial charge in [-0.25, -0.2) is 13.1 Å². The normalized spacial score (nSPS) is 14.9. The number of carbonyl (C=O) groups excluding carboxylic acids is 1. The fraction of sp³-hybridized carbons (Fsp3) is 0.350. The Morgan fingerprint density at radius 3 is 2.33 bits per heavy atom. The van der Waals surface area contributed by atoms with Crippen molar-refractivity contribution >= 4 is 21.6 Å². The summed E-state index contributed by atoms with van der Waals surface area (Å²) in [5.74, 6) is 0.326. The zero-order chi connectivity index (χ0) is 19.3. The van der Waals surface area contributed by atoms with Gasteiger partial charge in [0.2, 0.25) is 15.9 Å². The summed E-state index contributed by atoms with van der Waals surface area (Å²) < 4.78 is 33.1. The third-order valence-corrected chi connectivity index (χ3v) is 6.09. The van der Waals surface area contributed by atoms with Gasteiger partial charge >= 0.3 is 0 Å². The van der Waals surface area contributed by atoms with Gasteiger partial charge in [-0.3, -0.25) is 4.79 Å². The van der Waals surface area contributed by atoms with E-state index in [2.05, 4.69) is 4.72 Å². The van der Waals surface area contributed by atoms with Gasteiger partial charge in [-0.2, -0.15) is 0 Å². The number of benzene rings is 2. The van der Waals surface area contributed by atoms with Crippen LogP contribution in [0.15, 0.2) is 59.5 Å². The number of rotatable bonds is 7. The van der Waals surface area contributed by atoms with Gasteiger partial charge in [0.25, 0.3) is 0 Å². The molecule has 1 aliphatic carbocycles. The number of ether oxygens (including phenoxy) is 1. The summed E-state index contributed by atoms with van der Waals surface area (Å²) in [4.78, 5) is 13.8. The molecule has 1 amide bonds. The van der Waals surface area contributed by atoms with Gasteiger partial charge in [-0.15, -0.1) is 0 Å². The largest absolute Gasteiger partial charge is 0.490 e. The van der Waals surface area contributed by atoms with E-state index in [-0.39, 0.29) is 23.5 Å². The van der Waals surface area contributed by atoms with Crippen LogP contribution in [0.2, 0.25) is 0 Å². The summed E-state index contributed by atoms with van der Waals surface area (Å²) in [5, 5.41) is 0. The molecule has 0 unspecified atom stereocenters. The van der Waals surface area contributed by atoms with Crippen molar-refractivity contribution in [1.82, 2.24) is 4.72 Å². The Balaban J connectivity index is 1.58. The van der Waals surface area contributed by atoms with Gasteiger partial charge in [0.05, 0.1) is 17.5 Å². The van der Waals surface area contributed by atoms with Crippen molar-refractivity contribution < 1.29 is 17.9 Å². The molecule has 0 saturated heterocycles. The minimum absolute atomic E-state index is 0.108. The van der Waals surface area contributed by atoms with Crippen molar-refractivity contribution in [2.75, 3.05) is 18.5 Å². The number of hydrogen-bond donors (Lipinski definition) is 1. The molecule has 0 bridgehead atoms. The average Bonchev–Trinajstić information content (AvgIpc) is 3.20. The SMILES string of the molecule is CN(C(=O)CNS(=O)(=O)c1ccc(OC2CCCC2)cc1)c1ccccc1. The summed E-state index contributed by atoms with van der Waals surface area (Å²) in [6, 6.07) is 15.4. The smallest absolute Gasteiger partial charge is 0.241 e. The lowest BCUT2D eigenvalue weighted by Gasteiger charge is -2.17. The van der Waals surface area contributed by atoms with Crippen molar-refractivity contribution in [3.63, 3.8) is 0 Å². The number of sulfonamides is 1. The van der Waals surface area contributed by atoms with Crippen molar-refractivity contribution in [2.24, 2.45) is 0 Å². The van der Waals surface area contributed by atoms with Crippen LogP contribution in [0.1, 0.15) is 25.7 Å². The molecule has 27 heavy (non-hydrogen) atoms. The van der Waals surface area contributed by atoms with Crippen LogP contribution >= 0.6 is 0 Å². The molecule has 0 heterocycles. The molecule has 144 valence electrons. The minimum Gasteiger partial charge on any atom is -0.490 e. The summed E-state index contributed by atoms with van der Waals surface area (Å²) in [5.41, 5.74) is 0.704. The second-order valence-electron chi connectivity index (χ2n) is 6.61. The van der Waals surface area contributed by atoms with Crippen LogP contribution in [0.4, 0.5) is 5.69 Å². The first kappa shape index (κ1) is 19.4. The molecule has 1 fully saturated rings. The molecule has 0 aromatic heterocycles. The van der Waals surface area contributed by atoms with Crippen LogP contribution in [-0.2, 0) is 14.8 Å². The Kier molecular flexibility index (Phi) is 6.13. The number of hydrogen-bond acceptors (Lipinski definition) is 4. The lowest BCUT2D eigenvalue weighted by atomic mass is 10.3. The third-order valence-electron chi connectivity index (χ3n) is 4.67. The molecule has 0 atom stereocenters. The summed E-state index contributed by atoms with van der Waals surface area (Å²) in [6.45, 7) is -0.311. The molecule has 2 aromatic rings. The highest BCUT2D eigenvalue weighted by atomic mass is 32.2. The molecule has 1 N–H and O–H groups in total. The van der Waals surface area contributed by atoms with Gasteiger partial charge < -0.3 is 9.64 Å². The fourth-order valence-corrected chi connectivity index (χ4v) is 4.02. The molecule has 6 nitrogen and oxygen atoms in total. The Morgan fingerprint density at radius 1 is 1.07 bits per heavy atom. The molecule has 3 rings (SSSR count). The second-order valence-corrected chi connectivity index (χ2v) is 8.38. The summed E-state index contributed by atoms with van der Waals surface area (Å²) in [6.07, 6.45) is 4.65. The Labute approximate surface area is 160 Å². The standard InChI is InChI=1S/C20H24N2O4S/c1-22(16-7-3-2-4-8-16)20(23)15-21-27(24,25)19-13-11-18(12-14-19)26-17-9-5-6-10-17/h2-4,7-8,11-14,17,21H,5-6,9-10,15H2,1H3. The van der Waals surface area contributed by atoms with E-state index in [1.165, 1.54) is 29.9 Å². The maximum absolute atomic E-state index is 12.4. The maximum atomic E-state index is 12.4. The van der Waals surface area contributed by atoms with Crippen LogP contribution in [0.3, 0.4) is 0 Å². The van der Waals surface area contributed by atoms with E-state index in [1.807, 2.05) is 18.2 Å². The van der Waals surface area contributed by atoms with Crippen molar-refractivity contribution in [3.8, 4) is 5.75 Å². The first-order valence-electron chi connectivity index (χ1n) is 9.04. The van der Waals surface area contributed by atoms with Crippen molar-refractivity contribution in [2.45, 2.75) is 36.7 Å². The van der Waals surface area contributed by atoms with Gasteiger partial charge in [0, 0.05) is 12.7 Å². The lowest BCUT2D eigenvalue weighted by Crippen LogP contribution is -2.38. The van der Waals surface area contributed by atoms with E-state index in [0.29, 0.717) is 11.4 Å². The number of likely N-dealkylation sites (N-methyl/N-ethyl adjacent to an activating group) is 1. The minimum atomic E-state index is -3.77. The summed E-state index contributed by atoms with van der Waals surface area (Å²) >= 11 is 0. The first-order chi connectivity index (χ1) is 13.0. The topological polar surface area (TPSA) is 75.7 Å². The van der Waals surface area contributed by atoms with Crippen molar-refractivity contribution in [1.29, 1.82) is 0 Å². The number of amides is 1. The monoisotopic (exact) mass is 388 g/mol. The molecule has 0 spiro atoms. The van der Waals surface area contributed by atoms with E-state index < -0.39 is 10.0 Å². The van der Waals surface area contributed by atoms with E-state index >= 15 is 0 Å². The second kappa shape index (κ2) is 8.54. The molecule has 0 radical (unpaired) electrons. The molecule has 1 saturated carbocycles. The Morgan fingerprint density at radius 2 is 1.70 bits per heavy atom. The zero-order valence-electron chi connectivity index (χ0n) is 15.3. The van der Waals surface area contributed by atoms with E-state index in [1.54, 1.807) is 31.3 Å². The van der Waals surface area contributed by atoms with Gasteiger partial charge in [-0.1, -0.05) is 18.2 Å². The highest BCUT2D eigenvalue weighted by Gasteiger charge is 2.19.